The van der Waals surface area contributed by atoms with Crippen molar-refractivity contribution in [2.24, 2.45) is 0 Å². The minimum atomic E-state index is -3.39. The van der Waals surface area contributed by atoms with Gasteiger partial charge < -0.3 is 5.11 Å². The topological polar surface area (TPSA) is 81.4 Å². The number of aliphatic hydroxyl groups is 1. The highest BCUT2D eigenvalue weighted by Gasteiger charge is 2.31. The van der Waals surface area contributed by atoms with E-state index >= 15 is 0 Å². The fraction of sp³-hybridized carbons (Fsp3) is 0.500. The zero-order chi connectivity index (χ0) is 14.8. The second kappa shape index (κ2) is 5.52. The number of hydrogen-bond acceptors (Lipinski definition) is 5. The van der Waals surface area contributed by atoms with Crippen molar-refractivity contribution in [2.75, 3.05) is 25.4 Å². The van der Waals surface area contributed by atoms with E-state index in [1.54, 1.807) is 19.1 Å². The number of sulfone groups is 1. The second-order valence-corrected chi connectivity index (χ2v) is 7.59. The van der Waals surface area contributed by atoms with Gasteiger partial charge in [0, 0.05) is 19.6 Å². The van der Waals surface area contributed by atoms with Crippen LogP contribution in [0.15, 0.2) is 29.2 Å². The highest BCUT2D eigenvalue weighted by molar-refractivity contribution is 7.91. The van der Waals surface area contributed by atoms with Gasteiger partial charge in [-0.15, -0.1) is 0 Å². The Morgan fingerprint density at radius 3 is 2.85 bits per heavy atom. The largest absolute Gasteiger partial charge is 0.389 e. The number of hydrogen-bond donors (Lipinski definition) is 1. The molecule has 1 aliphatic heterocycles. The summed E-state index contributed by atoms with van der Waals surface area (Å²) in [6.45, 7) is 3.37. The molecule has 1 aromatic carbocycles. The summed E-state index contributed by atoms with van der Waals surface area (Å²) < 4.78 is 24.4. The highest BCUT2D eigenvalue weighted by Crippen LogP contribution is 2.20. The molecule has 0 saturated carbocycles. The predicted octanol–water partition coefficient (Wildman–Crippen LogP) is 0.789. The average molecular weight is 294 g/mol. The molecule has 1 N–H and O–H groups in total. The van der Waals surface area contributed by atoms with Crippen molar-refractivity contribution in [2.45, 2.75) is 23.8 Å². The Hall–Kier alpha value is -1.42. The van der Waals surface area contributed by atoms with Crippen molar-refractivity contribution >= 4 is 9.84 Å². The first-order chi connectivity index (χ1) is 9.32. The lowest BCUT2D eigenvalue weighted by Gasteiger charge is -2.18. The summed E-state index contributed by atoms with van der Waals surface area (Å²) in [5.41, 5.74) is -0.375. The fourth-order valence-electron chi connectivity index (χ4n) is 2.36. The van der Waals surface area contributed by atoms with E-state index in [1.165, 1.54) is 12.1 Å². The van der Waals surface area contributed by atoms with Gasteiger partial charge in [-0.3, -0.25) is 4.90 Å². The average Bonchev–Trinajstić information content (AvgIpc) is 2.76. The van der Waals surface area contributed by atoms with Crippen LogP contribution in [0.2, 0.25) is 0 Å². The van der Waals surface area contributed by atoms with Crippen molar-refractivity contribution < 1.29 is 13.5 Å². The van der Waals surface area contributed by atoms with E-state index in [-0.39, 0.29) is 10.6 Å². The maximum absolute atomic E-state index is 12.2. The van der Waals surface area contributed by atoms with E-state index in [0.717, 1.165) is 0 Å². The van der Waals surface area contributed by atoms with Crippen molar-refractivity contribution in [1.82, 2.24) is 4.90 Å². The fourth-order valence-corrected chi connectivity index (χ4v) is 3.68. The summed E-state index contributed by atoms with van der Waals surface area (Å²) in [4.78, 5) is 2.13. The molecule has 0 spiro atoms. The van der Waals surface area contributed by atoms with Crippen molar-refractivity contribution in [3.05, 3.63) is 29.8 Å². The summed E-state index contributed by atoms with van der Waals surface area (Å²) in [6.07, 6.45) is 0.664. The minimum Gasteiger partial charge on any atom is -0.389 e. The van der Waals surface area contributed by atoms with Crippen LogP contribution in [0.5, 0.6) is 0 Å². The predicted molar refractivity (Wildman–Crippen MR) is 74.9 cm³/mol. The van der Waals surface area contributed by atoms with Crippen molar-refractivity contribution in [3.8, 4) is 6.07 Å². The molecule has 1 aromatic rings. The Balaban J connectivity index is 2.03. The summed E-state index contributed by atoms with van der Waals surface area (Å²) in [5, 5.41) is 18.7. The van der Waals surface area contributed by atoms with Gasteiger partial charge in [-0.05, 0) is 31.5 Å². The van der Waals surface area contributed by atoms with Crippen LogP contribution in [0.1, 0.15) is 18.9 Å². The summed E-state index contributed by atoms with van der Waals surface area (Å²) >= 11 is 0. The van der Waals surface area contributed by atoms with Crippen LogP contribution >= 0.6 is 0 Å². The Morgan fingerprint density at radius 2 is 2.25 bits per heavy atom. The number of β-amino-alcohol motifs (C(OH)–C–C–N with tert-alkyl or cyclic N) is 1. The molecule has 1 atom stereocenters. The van der Waals surface area contributed by atoms with Gasteiger partial charge in [-0.1, -0.05) is 6.07 Å². The Bertz CT molecular complexity index is 632. The summed E-state index contributed by atoms with van der Waals surface area (Å²) in [7, 11) is -3.39. The van der Waals surface area contributed by atoms with E-state index in [2.05, 4.69) is 0 Å². The molecule has 1 saturated heterocycles. The van der Waals surface area contributed by atoms with Gasteiger partial charge >= 0.3 is 0 Å². The Kier molecular flexibility index (Phi) is 4.14. The van der Waals surface area contributed by atoms with E-state index in [9.17, 15) is 13.5 Å². The zero-order valence-electron chi connectivity index (χ0n) is 11.4. The lowest BCUT2D eigenvalue weighted by molar-refractivity contribution is 0.0696. The van der Waals surface area contributed by atoms with Crippen LogP contribution < -0.4 is 0 Å². The van der Waals surface area contributed by atoms with Crippen LogP contribution in [0.4, 0.5) is 0 Å². The third-order valence-electron chi connectivity index (χ3n) is 3.53. The van der Waals surface area contributed by atoms with E-state index in [4.69, 9.17) is 5.26 Å². The van der Waals surface area contributed by atoms with E-state index in [1.807, 2.05) is 11.0 Å². The SMILES string of the molecule is CC1(O)CCN(CCS(=O)(=O)c2cccc(C#N)c2)C1. The number of likely N-dealkylation sites (tertiary alicyclic amines) is 1. The van der Waals surface area contributed by atoms with Crippen LogP contribution in [0.25, 0.3) is 0 Å². The standard InChI is InChI=1S/C14H18N2O3S/c1-14(17)5-6-16(11-14)7-8-20(18,19)13-4-2-3-12(9-13)10-15/h2-4,9,17H,5-8,11H2,1H3. The maximum Gasteiger partial charge on any atom is 0.179 e. The zero-order valence-corrected chi connectivity index (χ0v) is 12.2. The van der Waals surface area contributed by atoms with E-state index < -0.39 is 15.4 Å². The molecule has 0 amide bonds. The molecule has 20 heavy (non-hydrogen) atoms. The normalized spacial score (nSPS) is 23.6. The van der Waals surface area contributed by atoms with Gasteiger partial charge in [0.1, 0.15) is 0 Å². The van der Waals surface area contributed by atoms with Crippen molar-refractivity contribution in [3.63, 3.8) is 0 Å². The third kappa shape index (κ3) is 3.57. The third-order valence-corrected chi connectivity index (χ3v) is 5.22. The molecule has 1 unspecified atom stereocenters. The molecule has 0 bridgehead atoms. The van der Waals surface area contributed by atoms with Crippen molar-refractivity contribution in [1.29, 1.82) is 5.26 Å². The second-order valence-electron chi connectivity index (χ2n) is 5.48. The molecule has 5 nitrogen and oxygen atoms in total. The summed E-state index contributed by atoms with van der Waals surface area (Å²) in [6, 6.07) is 8.00. The van der Waals surface area contributed by atoms with E-state index in [0.29, 0.717) is 31.6 Å². The highest BCUT2D eigenvalue weighted by atomic mass is 32.2. The number of nitrogens with zero attached hydrogens (tertiary/aromatic N) is 2. The van der Waals surface area contributed by atoms with Gasteiger partial charge in [0.2, 0.25) is 0 Å². The van der Waals surface area contributed by atoms with Gasteiger partial charge in [-0.2, -0.15) is 5.26 Å². The number of nitriles is 1. The molecule has 2 rings (SSSR count). The molecule has 1 fully saturated rings. The molecule has 0 aromatic heterocycles. The molecule has 0 aliphatic carbocycles. The first-order valence-electron chi connectivity index (χ1n) is 6.50. The molecule has 1 heterocycles. The molecule has 108 valence electrons. The van der Waals surface area contributed by atoms with Gasteiger partial charge in [0.25, 0.3) is 0 Å². The molecule has 0 radical (unpaired) electrons. The maximum atomic E-state index is 12.2. The van der Waals surface area contributed by atoms with Crippen LogP contribution in [-0.2, 0) is 9.84 Å². The lowest BCUT2D eigenvalue weighted by Crippen LogP contribution is -2.32. The van der Waals surface area contributed by atoms with Crippen LogP contribution in [0, 0.1) is 11.3 Å². The van der Waals surface area contributed by atoms with Gasteiger partial charge in [-0.25, -0.2) is 8.42 Å². The first kappa shape index (κ1) is 15.0. The van der Waals surface area contributed by atoms with Crippen LogP contribution in [-0.4, -0.2) is 49.4 Å². The number of benzene rings is 1. The van der Waals surface area contributed by atoms with Gasteiger partial charge in [0.15, 0.2) is 9.84 Å². The van der Waals surface area contributed by atoms with Crippen LogP contribution in [0.3, 0.4) is 0 Å². The molecular formula is C14H18N2O3S. The minimum absolute atomic E-state index is 0.00202. The Labute approximate surface area is 119 Å². The molecule has 1 aliphatic rings. The molecule has 6 heteroatoms. The lowest BCUT2D eigenvalue weighted by atomic mass is 10.1. The quantitative estimate of drug-likeness (QED) is 0.888. The van der Waals surface area contributed by atoms with Gasteiger partial charge in [0.05, 0.1) is 27.9 Å². The Morgan fingerprint density at radius 1 is 1.50 bits per heavy atom. The molecular weight excluding hydrogens is 276 g/mol. The number of rotatable bonds is 4. The monoisotopic (exact) mass is 294 g/mol. The summed E-state index contributed by atoms with van der Waals surface area (Å²) in [5.74, 6) is -0.00202. The first-order valence-corrected chi connectivity index (χ1v) is 8.15. The smallest absolute Gasteiger partial charge is 0.179 e.